The quantitative estimate of drug-likeness (QED) is 0.655. The third-order valence-corrected chi connectivity index (χ3v) is 5.04. The zero-order chi connectivity index (χ0) is 18.1. The van der Waals surface area contributed by atoms with Crippen LogP contribution in [-0.4, -0.2) is 44.5 Å². The Labute approximate surface area is 157 Å². The number of rotatable bonds is 4. The highest BCUT2D eigenvalue weighted by Gasteiger charge is 2.25. The van der Waals surface area contributed by atoms with Gasteiger partial charge in [0.25, 0.3) is 0 Å². The second-order valence-electron chi connectivity index (χ2n) is 6.66. The van der Waals surface area contributed by atoms with Gasteiger partial charge in [-0.1, -0.05) is 18.2 Å². The molecule has 7 heteroatoms. The molecule has 2 atom stereocenters. The molecule has 0 bridgehead atoms. The summed E-state index contributed by atoms with van der Waals surface area (Å²) in [6, 6.07) is 14.1. The molecule has 0 aliphatic carbocycles. The number of para-hydroxylation sites is 1. The minimum absolute atomic E-state index is 0.209. The topological polar surface area (TPSA) is 48.4 Å². The molecule has 1 fully saturated rings. The van der Waals surface area contributed by atoms with E-state index in [9.17, 15) is 0 Å². The highest BCUT2D eigenvalue weighted by atomic mass is 32.1. The molecular weight excluding hydrogens is 348 g/mol. The van der Waals surface area contributed by atoms with E-state index in [1.54, 1.807) is 6.26 Å². The molecule has 4 rings (SSSR count). The summed E-state index contributed by atoms with van der Waals surface area (Å²) < 4.78 is 15.8. The van der Waals surface area contributed by atoms with Crippen LogP contribution in [0.25, 0.3) is 17.3 Å². The molecule has 1 aliphatic rings. The van der Waals surface area contributed by atoms with Crippen LogP contribution in [0.2, 0.25) is 0 Å². The van der Waals surface area contributed by atoms with Gasteiger partial charge in [0.1, 0.15) is 0 Å². The summed E-state index contributed by atoms with van der Waals surface area (Å²) in [4.78, 5) is 2.35. The Morgan fingerprint density at radius 1 is 1.15 bits per heavy atom. The van der Waals surface area contributed by atoms with Crippen LogP contribution in [0.1, 0.15) is 13.8 Å². The second kappa shape index (κ2) is 7.19. The number of morpholine rings is 1. The number of furan rings is 1. The minimum Gasteiger partial charge on any atom is -0.461 e. The summed E-state index contributed by atoms with van der Waals surface area (Å²) in [7, 11) is 0. The number of hydrogen-bond donors (Lipinski definition) is 0. The number of hydrogen-bond acceptors (Lipinski definition) is 5. The summed E-state index contributed by atoms with van der Waals surface area (Å²) >= 11 is 5.77. The van der Waals surface area contributed by atoms with Crippen molar-refractivity contribution in [2.45, 2.75) is 32.7 Å². The number of benzene rings is 1. The predicted molar refractivity (Wildman–Crippen MR) is 102 cm³/mol. The van der Waals surface area contributed by atoms with Gasteiger partial charge >= 0.3 is 0 Å². The van der Waals surface area contributed by atoms with Crippen LogP contribution in [0.5, 0.6) is 0 Å². The fourth-order valence-corrected chi connectivity index (χ4v) is 3.51. The Morgan fingerprint density at radius 2 is 1.96 bits per heavy atom. The van der Waals surface area contributed by atoms with Gasteiger partial charge in [-0.05, 0) is 50.3 Å². The lowest BCUT2D eigenvalue weighted by Crippen LogP contribution is -2.47. The van der Waals surface area contributed by atoms with Crippen LogP contribution in [0.3, 0.4) is 0 Å². The summed E-state index contributed by atoms with van der Waals surface area (Å²) in [5.41, 5.74) is 0.971. The van der Waals surface area contributed by atoms with E-state index < -0.39 is 0 Å². The predicted octanol–water partition coefficient (Wildman–Crippen LogP) is 3.73. The molecule has 136 valence electrons. The Morgan fingerprint density at radius 3 is 2.69 bits per heavy atom. The van der Waals surface area contributed by atoms with Crippen molar-refractivity contribution in [3.8, 4) is 17.3 Å². The average Bonchev–Trinajstić information content (AvgIpc) is 3.28. The number of nitrogens with zero attached hydrogens (tertiary/aromatic N) is 4. The Hall–Kier alpha value is -2.22. The van der Waals surface area contributed by atoms with Gasteiger partial charge in [-0.25, -0.2) is 4.68 Å². The van der Waals surface area contributed by atoms with Crippen LogP contribution < -0.4 is 0 Å². The summed E-state index contributed by atoms with van der Waals surface area (Å²) in [5, 5.41) is 4.78. The molecule has 1 aromatic carbocycles. The van der Waals surface area contributed by atoms with E-state index in [1.807, 2.05) is 51.7 Å². The molecular formula is C19H22N4O2S. The van der Waals surface area contributed by atoms with Gasteiger partial charge in [0.2, 0.25) is 10.6 Å². The highest BCUT2D eigenvalue weighted by molar-refractivity contribution is 7.71. The maximum absolute atomic E-state index is 5.77. The Bertz CT molecular complexity index is 917. The number of aromatic nitrogens is 3. The highest BCUT2D eigenvalue weighted by Crippen LogP contribution is 2.23. The van der Waals surface area contributed by atoms with Crippen LogP contribution in [-0.2, 0) is 11.4 Å². The molecule has 6 nitrogen and oxygen atoms in total. The van der Waals surface area contributed by atoms with Gasteiger partial charge in [0, 0.05) is 12.6 Å². The van der Waals surface area contributed by atoms with Gasteiger partial charge in [-0.2, -0.15) is 0 Å². The lowest BCUT2D eigenvalue weighted by Gasteiger charge is -2.36. The van der Waals surface area contributed by atoms with E-state index >= 15 is 0 Å². The summed E-state index contributed by atoms with van der Waals surface area (Å²) in [6.07, 6.45) is 1.86. The molecule has 2 aromatic heterocycles. The van der Waals surface area contributed by atoms with Crippen molar-refractivity contribution in [3.05, 3.63) is 53.5 Å². The molecule has 1 saturated heterocycles. The van der Waals surface area contributed by atoms with Crippen molar-refractivity contribution in [1.82, 2.24) is 19.2 Å². The lowest BCUT2D eigenvalue weighted by atomic mass is 10.2. The Balaban J connectivity index is 1.76. The SMILES string of the molecule is CC1CN(Cn2nc(-c3ccco3)n(-c3ccccc3)c2=S)C(C)CO1. The maximum atomic E-state index is 5.77. The first-order valence-corrected chi connectivity index (χ1v) is 9.19. The van der Waals surface area contributed by atoms with E-state index in [0.29, 0.717) is 29.1 Å². The monoisotopic (exact) mass is 370 g/mol. The largest absolute Gasteiger partial charge is 0.461 e. The van der Waals surface area contributed by atoms with Crippen molar-refractivity contribution in [2.75, 3.05) is 13.2 Å². The van der Waals surface area contributed by atoms with Gasteiger partial charge in [0.05, 0.1) is 31.3 Å². The molecule has 3 aromatic rings. The van der Waals surface area contributed by atoms with Crippen molar-refractivity contribution in [2.24, 2.45) is 0 Å². The molecule has 0 spiro atoms. The first-order chi connectivity index (χ1) is 12.6. The molecule has 2 unspecified atom stereocenters. The van der Waals surface area contributed by atoms with Gasteiger partial charge < -0.3 is 9.15 Å². The number of ether oxygens (including phenoxy) is 1. The van der Waals surface area contributed by atoms with Crippen LogP contribution in [0.15, 0.2) is 53.1 Å². The third-order valence-electron chi connectivity index (χ3n) is 4.65. The minimum atomic E-state index is 0.209. The summed E-state index contributed by atoms with van der Waals surface area (Å²) in [5.74, 6) is 1.40. The molecule has 0 amide bonds. The summed E-state index contributed by atoms with van der Waals surface area (Å²) in [6.45, 7) is 6.46. The van der Waals surface area contributed by atoms with E-state index in [-0.39, 0.29) is 6.10 Å². The third kappa shape index (κ3) is 3.25. The van der Waals surface area contributed by atoms with E-state index in [1.165, 1.54) is 0 Å². The second-order valence-corrected chi connectivity index (χ2v) is 7.02. The van der Waals surface area contributed by atoms with E-state index in [2.05, 4.69) is 18.7 Å². The molecule has 0 radical (unpaired) electrons. The van der Waals surface area contributed by atoms with Crippen LogP contribution in [0.4, 0.5) is 0 Å². The molecule has 0 N–H and O–H groups in total. The normalized spacial score (nSPS) is 21.2. The lowest BCUT2D eigenvalue weighted by molar-refractivity contribution is -0.0624. The zero-order valence-corrected chi connectivity index (χ0v) is 15.7. The van der Waals surface area contributed by atoms with Gasteiger partial charge in [-0.15, -0.1) is 5.10 Å². The van der Waals surface area contributed by atoms with Gasteiger partial charge in [0.15, 0.2) is 5.76 Å². The average molecular weight is 370 g/mol. The van der Waals surface area contributed by atoms with E-state index in [4.69, 9.17) is 26.5 Å². The van der Waals surface area contributed by atoms with Crippen molar-refractivity contribution >= 4 is 12.2 Å². The van der Waals surface area contributed by atoms with E-state index in [0.717, 1.165) is 18.8 Å². The van der Waals surface area contributed by atoms with Crippen molar-refractivity contribution in [1.29, 1.82) is 0 Å². The molecule has 26 heavy (non-hydrogen) atoms. The Kier molecular flexibility index (Phi) is 4.76. The smallest absolute Gasteiger partial charge is 0.204 e. The first-order valence-electron chi connectivity index (χ1n) is 8.78. The van der Waals surface area contributed by atoms with Crippen molar-refractivity contribution < 1.29 is 9.15 Å². The molecule has 0 saturated carbocycles. The molecule has 1 aliphatic heterocycles. The van der Waals surface area contributed by atoms with Gasteiger partial charge in [-0.3, -0.25) is 9.47 Å². The maximum Gasteiger partial charge on any atom is 0.204 e. The zero-order valence-electron chi connectivity index (χ0n) is 14.9. The standard InChI is InChI=1S/C19H22N4O2S/c1-14-12-25-15(2)11-21(14)13-22-19(26)23(16-7-4-3-5-8-16)18(20-22)17-9-6-10-24-17/h3-10,14-15H,11-13H2,1-2H3. The van der Waals surface area contributed by atoms with Crippen molar-refractivity contribution in [3.63, 3.8) is 0 Å². The molecule has 3 heterocycles. The van der Waals surface area contributed by atoms with Crippen LogP contribution in [0, 0.1) is 4.77 Å². The fraction of sp³-hybridized carbons (Fsp3) is 0.368. The first kappa shape index (κ1) is 17.2. The van der Waals surface area contributed by atoms with Crippen LogP contribution >= 0.6 is 12.2 Å². The fourth-order valence-electron chi connectivity index (χ4n) is 3.22.